The predicted octanol–water partition coefficient (Wildman–Crippen LogP) is 3.22. The van der Waals surface area contributed by atoms with E-state index >= 15 is 0 Å². The second-order valence-corrected chi connectivity index (χ2v) is 28.5. The summed E-state index contributed by atoms with van der Waals surface area (Å²) < 4.78 is 35.8. The Balaban J connectivity index is 0.754. The number of nitrogens with one attached hydrogen (secondary N) is 9. The van der Waals surface area contributed by atoms with E-state index < -0.39 is 131 Å². The number of sulfonamides is 1. The molecule has 4 aromatic rings. The van der Waals surface area contributed by atoms with Gasteiger partial charge in [-0.25, -0.2) is 13.1 Å². The summed E-state index contributed by atoms with van der Waals surface area (Å²) in [6.45, 7) is 13.8. The maximum atomic E-state index is 14.5. The van der Waals surface area contributed by atoms with Gasteiger partial charge in [0.05, 0.1) is 36.5 Å². The van der Waals surface area contributed by atoms with E-state index in [-0.39, 0.29) is 54.8 Å². The van der Waals surface area contributed by atoms with Crippen molar-refractivity contribution in [2.24, 2.45) is 5.73 Å². The number of benzene rings is 4. The molecule has 4 aromatic carbocycles. The molecule has 0 spiro atoms. The number of likely N-dealkylation sites (tertiary alicyclic amines) is 3. The highest BCUT2D eigenvalue weighted by Crippen LogP contribution is 2.43. The molecule has 11 N–H and O–H groups in total. The lowest BCUT2D eigenvalue weighted by Gasteiger charge is -2.35. The molecule has 8 rings (SSSR count). The molecule has 4 aliphatic heterocycles. The maximum Gasteiger partial charge on any atom is 0.264 e. The lowest BCUT2D eigenvalue weighted by molar-refractivity contribution is -0.149. The Morgan fingerprint density at radius 3 is 1.83 bits per heavy atom. The van der Waals surface area contributed by atoms with Crippen LogP contribution in [-0.4, -0.2) is 188 Å². The number of nitrogens with zero attached hydrogens (tertiary/aromatic N) is 3. The van der Waals surface area contributed by atoms with Gasteiger partial charge < -0.3 is 62.4 Å². The van der Waals surface area contributed by atoms with E-state index in [1.807, 2.05) is 56.3 Å². The van der Waals surface area contributed by atoms with E-state index in [1.54, 1.807) is 56.0 Å². The molecule has 27 nitrogen and oxygen atoms in total. The number of amides is 9. The molecule has 4 heterocycles. The molecule has 9 amide bonds. The predicted molar refractivity (Wildman–Crippen MR) is 372 cm³/mol. The topological polar surface area (TPSA) is 387 Å². The number of ether oxygens (including phenoxy) is 1. The first-order valence-electron chi connectivity index (χ1n) is 33.7. The van der Waals surface area contributed by atoms with Crippen molar-refractivity contribution in [2.75, 3.05) is 45.8 Å². The Bertz CT molecular complexity index is 3950. The molecule has 100 heavy (non-hydrogen) atoms. The normalized spacial score (nSPS) is 18.2. The van der Waals surface area contributed by atoms with E-state index in [2.05, 4.69) is 41.9 Å². The molecule has 0 saturated carbocycles. The van der Waals surface area contributed by atoms with Gasteiger partial charge in [-0.15, -0.1) is 0 Å². The van der Waals surface area contributed by atoms with Crippen molar-refractivity contribution in [3.63, 3.8) is 0 Å². The molecule has 0 bridgehead atoms. The molecule has 4 aliphatic rings. The third kappa shape index (κ3) is 18.4. The van der Waals surface area contributed by atoms with Crippen molar-refractivity contribution < 1.29 is 65.9 Å². The number of hydrogen-bond donors (Lipinski definition) is 10. The number of carbonyl (C=O) groups is 11. The summed E-state index contributed by atoms with van der Waals surface area (Å²) in [5.41, 5.74) is 10.8. The molecule has 1 radical (unpaired) electrons. The first kappa shape index (κ1) is 76.5. The third-order valence-corrected chi connectivity index (χ3v) is 20.7. The Kier molecular flexibility index (Phi) is 25.4. The standard InChI is InChI=1S/C71H91ClN13O14S/c1-39-40(2)63(41(3)50-29-30-71(8,9)99-62(39)50)100(97,98)82-70(74)75-31-13-19-53(81-57(87)36-73)66(93)79-42(4)64(91)77-37-58(88)76-38-59(89)78-43(5)65(92)80-44(6)67(94)84-33-15-21-55(84)69(96)85-34-16-22-56(85)68(95)83-32-14-20-54(83)61(90)49-27-28-51(52(72)35-49)60(47-17-11-10-12-18-47)48-25-23-46(24-26-48)45(7)86/h10-12,17-18,23-28,35,42-44,53-56H,13-16,19-22,29-34,36-38,73H2,1-9H3,(H,76,88)(H,77,91)(H,78,89)(H,79,93)(H,80,92)(H,81,87)(H3,74,75,82)/t42-,43-,44-,53-,54-,55-,56-/m0/s1. The fourth-order valence-corrected chi connectivity index (χ4v) is 15.0. The molecule has 3 saturated heterocycles. The summed E-state index contributed by atoms with van der Waals surface area (Å²) >= 11 is 7.03. The van der Waals surface area contributed by atoms with Crippen molar-refractivity contribution in [2.45, 2.75) is 179 Å². The van der Waals surface area contributed by atoms with Crippen molar-refractivity contribution in [3.05, 3.63) is 134 Å². The zero-order valence-corrected chi connectivity index (χ0v) is 59.5. The third-order valence-electron chi connectivity index (χ3n) is 18.7. The van der Waals surface area contributed by atoms with Crippen LogP contribution in [0.5, 0.6) is 5.75 Å². The van der Waals surface area contributed by atoms with Crippen LogP contribution >= 0.6 is 11.6 Å². The molecular formula is C71H91ClN13O14S. The molecule has 29 heteroatoms. The molecular weight excluding hydrogens is 1330 g/mol. The van der Waals surface area contributed by atoms with Crippen LogP contribution in [-0.2, 0) is 59.6 Å². The quantitative estimate of drug-likeness (QED) is 0.0135. The maximum absolute atomic E-state index is 14.5. The van der Waals surface area contributed by atoms with Crippen molar-refractivity contribution in [1.82, 2.24) is 56.6 Å². The van der Waals surface area contributed by atoms with Crippen molar-refractivity contribution >= 4 is 92.3 Å². The van der Waals surface area contributed by atoms with Crippen LogP contribution in [0.3, 0.4) is 0 Å². The zero-order valence-electron chi connectivity index (χ0n) is 57.9. The molecule has 7 atom stereocenters. The summed E-state index contributed by atoms with van der Waals surface area (Å²) in [7, 11) is -4.22. The first-order chi connectivity index (χ1) is 47.3. The van der Waals surface area contributed by atoms with Crippen LogP contribution in [0.1, 0.15) is 159 Å². The van der Waals surface area contributed by atoms with Gasteiger partial charge in [-0.1, -0.05) is 78.3 Å². The van der Waals surface area contributed by atoms with Gasteiger partial charge in [0.25, 0.3) is 10.0 Å². The summed E-state index contributed by atoms with van der Waals surface area (Å²) in [5.74, 6) is -5.36. The molecule has 0 aliphatic carbocycles. The summed E-state index contributed by atoms with van der Waals surface area (Å²) in [5, 5.41) is 26.0. The van der Waals surface area contributed by atoms with E-state index in [0.717, 1.165) is 22.6 Å². The molecule has 537 valence electrons. The van der Waals surface area contributed by atoms with Gasteiger partial charge in [0, 0.05) is 42.3 Å². The Hall–Kier alpha value is -9.28. The lowest BCUT2D eigenvalue weighted by atomic mass is 9.84. The van der Waals surface area contributed by atoms with Crippen LogP contribution in [0.4, 0.5) is 0 Å². The number of Topliss-reactive ketones (excluding diaryl/α,β-unsaturated/α-hetero) is 2. The summed E-state index contributed by atoms with van der Waals surface area (Å²) in [6, 6.07) is 14.5. The van der Waals surface area contributed by atoms with Crippen LogP contribution in [0.15, 0.2) is 77.7 Å². The number of fused-ring (bicyclic) bond motifs is 1. The Morgan fingerprint density at radius 2 is 1.20 bits per heavy atom. The van der Waals surface area contributed by atoms with Crippen LogP contribution in [0.2, 0.25) is 5.02 Å². The first-order valence-corrected chi connectivity index (χ1v) is 35.6. The minimum Gasteiger partial charge on any atom is -0.487 e. The number of carbonyl (C=O) groups excluding carboxylic acids is 11. The minimum atomic E-state index is -4.22. The lowest BCUT2D eigenvalue weighted by Crippen LogP contribution is -2.57. The fourth-order valence-electron chi connectivity index (χ4n) is 13.2. The highest BCUT2D eigenvalue weighted by atomic mass is 35.5. The van der Waals surface area contributed by atoms with E-state index in [9.17, 15) is 61.2 Å². The number of ketones is 2. The van der Waals surface area contributed by atoms with Gasteiger partial charge >= 0.3 is 0 Å². The molecule has 0 unspecified atom stereocenters. The van der Waals surface area contributed by atoms with Gasteiger partial charge in [-0.05, 0) is 172 Å². The second-order valence-electron chi connectivity index (χ2n) is 26.5. The summed E-state index contributed by atoms with van der Waals surface area (Å²) in [4.78, 5) is 152. The number of hydrogen-bond acceptors (Lipinski definition) is 16. The van der Waals surface area contributed by atoms with Gasteiger partial charge in [-0.2, -0.15) is 0 Å². The average Bonchev–Trinajstić information content (AvgIpc) is 1.43. The molecule has 3 fully saturated rings. The number of rotatable bonds is 27. The number of guanidine groups is 1. The van der Waals surface area contributed by atoms with E-state index in [1.165, 1.54) is 37.5 Å². The minimum absolute atomic E-state index is 0.00702. The van der Waals surface area contributed by atoms with E-state index in [4.69, 9.17) is 27.5 Å². The van der Waals surface area contributed by atoms with Crippen molar-refractivity contribution in [1.29, 1.82) is 5.41 Å². The van der Waals surface area contributed by atoms with E-state index in [0.29, 0.717) is 102 Å². The summed E-state index contributed by atoms with van der Waals surface area (Å²) in [6.07, 6.45) is 4.05. The van der Waals surface area contributed by atoms with Crippen molar-refractivity contribution in [3.8, 4) is 5.75 Å². The number of nitrogens with two attached hydrogens (primary N) is 1. The zero-order chi connectivity index (χ0) is 73.1. The van der Waals surface area contributed by atoms with Gasteiger partial charge in [0.2, 0.25) is 59.1 Å². The average molecular weight is 1420 g/mol. The monoisotopic (exact) mass is 1420 g/mol. The Labute approximate surface area is 587 Å². The smallest absolute Gasteiger partial charge is 0.264 e. The highest BCUT2D eigenvalue weighted by Gasteiger charge is 2.47. The SMILES string of the molecule is CC(=O)c1ccc([C](c2ccccc2)c2ccc(C(=O)[C@@H]3CCCN3C(=O)[C@@H]3CCCN3C(=O)[C@@H]3CCCN3C(=O)[C@H](C)NC(=O)[C@H](C)NC(=O)CNC(=O)CNC(=O)[C@H](C)NC(=O)[C@H](CCCNC(=N)NS(=O)(=O)c3c(C)c(C)c4c(c3C)CCC(C)(C)O4)NC(=O)CN)cc2Cl)cc1. The second kappa shape index (κ2) is 33.3. The molecule has 0 aromatic heterocycles. The number of halogens is 1. The fraction of sp³-hybridized carbons (Fsp3) is 0.479. The van der Waals surface area contributed by atoms with Crippen LogP contribution in [0.25, 0.3) is 0 Å². The van der Waals surface area contributed by atoms with Crippen LogP contribution < -0.4 is 52.4 Å². The highest BCUT2D eigenvalue weighted by molar-refractivity contribution is 7.90. The van der Waals surface area contributed by atoms with Gasteiger partial charge in [0.1, 0.15) is 47.6 Å². The van der Waals surface area contributed by atoms with Crippen LogP contribution in [0, 0.1) is 32.1 Å². The van der Waals surface area contributed by atoms with Gasteiger partial charge in [-0.3, -0.25) is 58.1 Å². The van der Waals surface area contributed by atoms with Gasteiger partial charge in [0.15, 0.2) is 11.6 Å². The Morgan fingerprint density at radius 1 is 0.640 bits per heavy atom. The largest absolute Gasteiger partial charge is 0.487 e.